The van der Waals surface area contributed by atoms with Crippen molar-refractivity contribution in [3.05, 3.63) is 0 Å². The number of aliphatic hydroxyl groups excluding tert-OH is 2. The summed E-state index contributed by atoms with van der Waals surface area (Å²) in [5.74, 6) is -0.230. The van der Waals surface area contributed by atoms with Crippen LogP contribution in [0.5, 0.6) is 0 Å². The van der Waals surface area contributed by atoms with Crippen LogP contribution in [0, 0.1) is 0 Å². The molecule has 0 saturated carbocycles. The molecule has 0 aromatic rings. The second-order valence-corrected chi connectivity index (χ2v) is 2.71. The molecule has 0 aromatic carbocycles. The molecule has 4 nitrogen and oxygen atoms in total. The monoisotopic (exact) mass is 206 g/mol. The lowest BCUT2D eigenvalue weighted by Crippen LogP contribution is -2.03. The first kappa shape index (κ1) is 15.8. The van der Waals surface area contributed by atoms with Crippen LogP contribution in [0.25, 0.3) is 0 Å². The smallest absolute Gasteiger partial charge is 0.305 e. The van der Waals surface area contributed by atoms with E-state index in [-0.39, 0.29) is 12.6 Å². The highest BCUT2D eigenvalue weighted by Crippen LogP contribution is 1.90. The van der Waals surface area contributed by atoms with Crippen LogP contribution in [-0.4, -0.2) is 36.0 Å². The fourth-order valence-electron chi connectivity index (χ4n) is 0.615. The molecule has 14 heavy (non-hydrogen) atoms. The summed E-state index contributed by atoms with van der Waals surface area (Å²) < 4.78 is 4.59. The molecule has 0 heterocycles. The fraction of sp³-hybridized carbons (Fsp3) is 0.900. The largest absolute Gasteiger partial charge is 0.466 e. The van der Waals surface area contributed by atoms with E-state index in [1.54, 1.807) is 6.92 Å². The molecule has 2 N–H and O–H groups in total. The second kappa shape index (κ2) is 14.9. The molecule has 0 rings (SSSR count). The van der Waals surface area contributed by atoms with Gasteiger partial charge in [-0.15, -0.1) is 0 Å². The van der Waals surface area contributed by atoms with Crippen molar-refractivity contribution in [2.24, 2.45) is 0 Å². The molecule has 0 amide bonds. The number of hydrogen-bond donors (Lipinski definition) is 2. The van der Waals surface area contributed by atoms with Gasteiger partial charge in [-0.1, -0.05) is 13.3 Å². The number of carbonyl (C=O) groups is 1. The first-order valence-electron chi connectivity index (χ1n) is 5.10. The van der Waals surface area contributed by atoms with Crippen molar-refractivity contribution < 1.29 is 19.7 Å². The van der Waals surface area contributed by atoms with E-state index < -0.39 is 0 Å². The van der Waals surface area contributed by atoms with Gasteiger partial charge >= 0.3 is 5.97 Å². The second-order valence-electron chi connectivity index (χ2n) is 2.71. The minimum atomic E-state index is -0.230. The minimum absolute atomic E-state index is 0.0544. The van der Waals surface area contributed by atoms with Gasteiger partial charge in [0.1, 0.15) is 0 Å². The Hall–Kier alpha value is -0.610. The van der Waals surface area contributed by atoms with E-state index in [1.807, 2.05) is 0 Å². The maximum absolute atomic E-state index is 10.5. The Balaban J connectivity index is 0. The average Bonchev–Trinajstić information content (AvgIpc) is 2.17. The van der Waals surface area contributed by atoms with Crippen LogP contribution in [-0.2, 0) is 9.53 Å². The first-order valence-corrected chi connectivity index (χ1v) is 5.10. The summed E-state index contributed by atoms with van der Waals surface area (Å²) in [6.07, 6.45) is 2.86. The first-order chi connectivity index (χ1) is 6.72. The fourth-order valence-corrected chi connectivity index (χ4v) is 0.615. The molecule has 0 radical (unpaired) electrons. The van der Waals surface area contributed by atoms with E-state index in [9.17, 15) is 4.79 Å². The van der Waals surface area contributed by atoms with Crippen LogP contribution in [0.4, 0.5) is 0 Å². The summed E-state index contributed by atoms with van der Waals surface area (Å²) in [4.78, 5) is 10.5. The van der Waals surface area contributed by atoms with E-state index in [4.69, 9.17) is 10.2 Å². The lowest BCUT2D eigenvalue weighted by molar-refractivity contribution is -0.143. The molecule has 0 bridgehead atoms. The van der Waals surface area contributed by atoms with Gasteiger partial charge in [-0.05, 0) is 19.8 Å². The molecule has 86 valence electrons. The van der Waals surface area contributed by atoms with Crippen molar-refractivity contribution in [1.29, 1.82) is 0 Å². The molecule has 4 heteroatoms. The Morgan fingerprint density at radius 3 is 2.00 bits per heavy atom. The van der Waals surface area contributed by atoms with Crippen LogP contribution in [0.2, 0.25) is 0 Å². The molecule has 0 atom stereocenters. The summed E-state index contributed by atoms with van der Waals surface area (Å²) in [5, 5.41) is 16.3. The van der Waals surface area contributed by atoms with Crippen LogP contribution in [0.1, 0.15) is 39.5 Å². The van der Waals surface area contributed by atoms with Crippen molar-refractivity contribution in [3.8, 4) is 0 Å². The van der Waals surface area contributed by atoms with Gasteiger partial charge in [0.2, 0.25) is 0 Å². The molecular weight excluding hydrogens is 184 g/mol. The van der Waals surface area contributed by atoms with Gasteiger partial charge in [0, 0.05) is 19.6 Å². The zero-order chi connectivity index (χ0) is 11.2. The third-order valence-electron chi connectivity index (χ3n) is 1.36. The normalized spacial score (nSPS) is 8.86. The van der Waals surface area contributed by atoms with Crippen LogP contribution >= 0.6 is 0 Å². The van der Waals surface area contributed by atoms with Gasteiger partial charge in [-0.3, -0.25) is 4.79 Å². The molecule has 0 saturated heterocycles. The van der Waals surface area contributed by atoms with E-state index in [0.29, 0.717) is 26.1 Å². The van der Waals surface area contributed by atoms with Crippen molar-refractivity contribution in [1.82, 2.24) is 0 Å². The van der Waals surface area contributed by atoms with Gasteiger partial charge in [0.05, 0.1) is 6.61 Å². The van der Waals surface area contributed by atoms with E-state index in [2.05, 4.69) is 11.7 Å². The lowest BCUT2D eigenvalue weighted by Gasteiger charge is -1.97. The number of hydrogen-bond acceptors (Lipinski definition) is 4. The Kier molecular flexibility index (Phi) is 16.9. The summed E-state index contributed by atoms with van der Waals surface area (Å²) in [6, 6.07) is 0. The number of carbonyl (C=O) groups excluding carboxylic acids is 1. The van der Waals surface area contributed by atoms with Crippen molar-refractivity contribution in [2.75, 3.05) is 19.8 Å². The topological polar surface area (TPSA) is 66.8 Å². The van der Waals surface area contributed by atoms with Gasteiger partial charge in [0.15, 0.2) is 0 Å². The SMILES string of the molecule is CCCCO.CCOC(=O)CCCO. The third kappa shape index (κ3) is 17.5. The molecule has 0 aliphatic rings. The highest BCUT2D eigenvalue weighted by Gasteiger charge is 1.97. The van der Waals surface area contributed by atoms with E-state index in [0.717, 1.165) is 12.8 Å². The maximum atomic E-state index is 10.5. The minimum Gasteiger partial charge on any atom is -0.466 e. The Bertz CT molecular complexity index is 113. The number of esters is 1. The maximum Gasteiger partial charge on any atom is 0.305 e. The van der Waals surface area contributed by atoms with Crippen molar-refractivity contribution in [2.45, 2.75) is 39.5 Å². The van der Waals surface area contributed by atoms with E-state index in [1.165, 1.54) is 0 Å². The van der Waals surface area contributed by atoms with Gasteiger partial charge in [-0.25, -0.2) is 0 Å². The van der Waals surface area contributed by atoms with Gasteiger partial charge in [-0.2, -0.15) is 0 Å². The average molecular weight is 206 g/mol. The molecule has 0 spiro atoms. The lowest BCUT2D eigenvalue weighted by atomic mass is 10.3. The Morgan fingerprint density at radius 2 is 1.71 bits per heavy atom. The number of ether oxygens (including phenoxy) is 1. The van der Waals surface area contributed by atoms with Crippen LogP contribution < -0.4 is 0 Å². The highest BCUT2D eigenvalue weighted by atomic mass is 16.5. The molecule has 0 aliphatic carbocycles. The molecular formula is C10H22O4. The quantitative estimate of drug-likeness (QED) is 0.639. The molecule has 0 aliphatic heterocycles. The van der Waals surface area contributed by atoms with Crippen molar-refractivity contribution >= 4 is 5.97 Å². The Morgan fingerprint density at radius 1 is 1.14 bits per heavy atom. The summed E-state index contributed by atoms with van der Waals surface area (Å²) in [6.45, 7) is 4.63. The van der Waals surface area contributed by atoms with Crippen LogP contribution in [0.3, 0.4) is 0 Å². The standard InChI is InChI=1S/C6H12O3.C4H10O/c1-2-9-6(8)4-3-5-7;1-2-3-4-5/h7H,2-5H2,1H3;5H,2-4H2,1H3. The van der Waals surface area contributed by atoms with E-state index >= 15 is 0 Å². The van der Waals surface area contributed by atoms with Crippen LogP contribution in [0.15, 0.2) is 0 Å². The van der Waals surface area contributed by atoms with Gasteiger partial charge < -0.3 is 14.9 Å². The molecule has 0 unspecified atom stereocenters. The number of aliphatic hydroxyl groups is 2. The zero-order valence-electron chi connectivity index (χ0n) is 9.16. The molecule has 0 fully saturated rings. The van der Waals surface area contributed by atoms with Gasteiger partial charge in [0.25, 0.3) is 0 Å². The number of rotatable bonds is 6. The van der Waals surface area contributed by atoms with Crippen molar-refractivity contribution in [3.63, 3.8) is 0 Å². The summed E-state index contributed by atoms with van der Waals surface area (Å²) in [5.41, 5.74) is 0. The predicted octanol–water partition coefficient (Wildman–Crippen LogP) is 1.10. The molecule has 0 aromatic heterocycles. The predicted molar refractivity (Wildman–Crippen MR) is 54.9 cm³/mol. The highest BCUT2D eigenvalue weighted by molar-refractivity contribution is 5.69. The zero-order valence-corrected chi connectivity index (χ0v) is 9.16. The summed E-state index contributed by atoms with van der Waals surface area (Å²) >= 11 is 0. The Labute approximate surface area is 85.9 Å². The summed E-state index contributed by atoms with van der Waals surface area (Å²) in [7, 11) is 0. The number of unbranched alkanes of at least 4 members (excludes halogenated alkanes) is 1. The third-order valence-corrected chi connectivity index (χ3v) is 1.36.